The van der Waals surface area contributed by atoms with Crippen molar-refractivity contribution in [1.29, 1.82) is 0 Å². The summed E-state index contributed by atoms with van der Waals surface area (Å²) < 4.78 is 1.91. The molecule has 0 spiro atoms. The minimum absolute atomic E-state index is 0.235. The van der Waals surface area contributed by atoms with E-state index < -0.39 is 0 Å². The van der Waals surface area contributed by atoms with Gasteiger partial charge in [0.2, 0.25) is 5.91 Å². The lowest BCUT2D eigenvalue weighted by atomic mass is 10.3. The summed E-state index contributed by atoms with van der Waals surface area (Å²) in [6.45, 7) is 8.16. The van der Waals surface area contributed by atoms with Crippen LogP contribution in [0.4, 0.5) is 0 Å². The molecule has 1 fully saturated rings. The number of rotatable bonds is 3. The van der Waals surface area contributed by atoms with Crippen LogP contribution < -0.4 is 5.32 Å². The highest BCUT2D eigenvalue weighted by atomic mass is 16.2. The maximum Gasteiger partial charge on any atom is 0.224 e. The second-order valence-corrected chi connectivity index (χ2v) is 4.53. The minimum atomic E-state index is 0.235. The van der Waals surface area contributed by atoms with Crippen molar-refractivity contribution in [3.05, 3.63) is 17.5 Å². The lowest BCUT2D eigenvalue weighted by molar-refractivity contribution is -0.132. The summed E-state index contributed by atoms with van der Waals surface area (Å²) in [7, 11) is 0. The summed E-state index contributed by atoms with van der Waals surface area (Å²) in [4.78, 5) is 13.9. The number of amides is 1. The summed E-state index contributed by atoms with van der Waals surface area (Å²) in [5, 5.41) is 7.61. The highest BCUT2D eigenvalue weighted by molar-refractivity contribution is 5.76. The van der Waals surface area contributed by atoms with E-state index in [1.807, 2.05) is 29.5 Å². The first-order valence-corrected chi connectivity index (χ1v) is 6.16. The largest absolute Gasteiger partial charge is 0.340 e. The number of aryl methyl sites for hydroxylation is 3. The smallest absolute Gasteiger partial charge is 0.224 e. The summed E-state index contributed by atoms with van der Waals surface area (Å²) >= 11 is 0. The van der Waals surface area contributed by atoms with Gasteiger partial charge in [-0.1, -0.05) is 0 Å². The molecule has 2 heterocycles. The highest BCUT2D eigenvalue weighted by Crippen LogP contribution is 2.04. The van der Waals surface area contributed by atoms with Crippen LogP contribution in [0.1, 0.15) is 17.8 Å². The zero-order chi connectivity index (χ0) is 12.3. The molecule has 1 aliphatic rings. The third kappa shape index (κ3) is 3.06. The molecule has 5 heteroatoms. The van der Waals surface area contributed by atoms with E-state index in [-0.39, 0.29) is 5.91 Å². The molecule has 1 aromatic heterocycles. The number of nitrogens with zero attached hydrogens (tertiary/aromatic N) is 3. The second kappa shape index (κ2) is 5.31. The molecule has 0 aromatic carbocycles. The van der Waals surface area contributed by atoms with Gasteiger partial charge in [0.15, 0.2) is 0 Å². The fraction of sp³-hybridized carbons (Fsp3) is 0.667. The average molecular weight is 236 g/mol. The van der Waals surface area contributed by atoms with E-state index in [1.165, 1.54) is 0 Å². The number of hydrogen-bond donors (Lipinski definition) is 1. The van der Waals surface area contributed by atoms with Gasteiger partial charge in [-0.15, -0.1) is 0 Å². The first kappa shape index (κ1) is 12.1. The van der Waals surface area contributed by atoms with Crippen molar-refractivity contribution in [1.82, 2.24) is 20.0 Å². The van der Waals surface area contributed by atoms with Gasteiger partial charge >= 0.3 is 0 Å². The van der Waals surface area contributed by atoms with E-state index in [1.54, 1.807) is 0 Å². The zero-order valence-corrected chi connectivity index (χ0v) is 10.6. The molecule has 1 saturated heterocycles. The number of aromatic nitrogens is 2. The standard InChI is InChI=1S/C12H20N4O/c1-10-9-11(2)16(14-10)6-3-12(17)15-7-4-13-5-8-15/h9,13H,3-8H2,1-2H3. The SMILES string of the molecule is Cc1cc(C)n(CCC(=O)N2CCNCC2)n1. The maximum atomic E-state index is 11.9. The van der Waals surface area contributed by atoms with Crippen LogP contribution in [0.2, 0.25) is 0 Å². The molecule has 0 radical (unpaired) electrons. The van der Waals surface area contributed by atoms with E-state index in [4.69, 9.17) is 0 Å². The van der Waals surface area contributed by atoms with Crippen molar-refractivity contribution in [3.63, 3.8) is 0 Å². The zero-order valence-electron chi connectivity index (χ0n) is 10.6. The Morgan fingerprint density at radius 2 is 2.12 bits per heavy atom. The first-order chi connectivity index (χ1) is 8.16. The normalized spacial score (nSPS) is 16.2. The van der Waals surface area contributed by atoms with Crippen LogP contribution in [-0.4, -0.2) is 46.8 Å². The van der Waals surface area contributed by atoms with E-state index in [0.717, 1.165) is 37.6 Å². The lowest BCUT2D eigenvalue weighted by Crippen LogP contribution is -2.46. The van der Waals surface area contributed by atoms with Crippen LogP contribution >= 0.6 is 0 Å². The molecule has 0 atom stereocenters. The number of hydrogen-bond acceptors (Lipinski definition) is 3. The van der Waals surface area contributed by atoms with E-state index in [9.17, 15) is 4.79 Å². The molecular weight excluding hydrogens is 216 g/mol. The van der Waals surface area contributed by atoms with Crippen LogP contribution in [-0.2, 0) is 11.3 Å². The summed E-state index contributed by atoms with van der Waals surface area (Å²) in [5.74, 6) is 0.235. The molecule has 17 heavy (non-hydrogen) atoms. The number of carbonyl (C=O) groups excluding carboxylic acids is 1. The Labute approximate surface area is 102 Å². The van der Waals surface area contributed by atoms with Gasteiger partial charge in [-0.3, -0.25) is 9.48 Å². The van der Waals surface area contributed by atoms with Crippen molar-refractivity contribution >= 4 is 5.91 Å². The summed E-state index contributed by atoms with van der Waals surface area (Å²) in [6.07, 6.45) is 0.544. The fourth-order valence-electron chi connectivity index (χ4n) is 2.18. The van der Waals surface area contributed by atoms with Gasteiger partial charge < -0.3 is 10.2 Å². The predicted molar refractivity (Wildman–Crippen MR) is 65.8 cm³/mol. The molecule has 1 aliphatic heterocycles. The van der Waals surface area contributed by atoms with Crippen molar-refractivity contribution in [2.45, 2.75) is 26.8 Å². The lowest BCUT2D eigenvalue weighted by Gasteiger charge is -2.27. The van der Waals surface area contributed by atoms with Crippen molar-refractivity contribution in [3.8, 4) is 0 Å². The molecular formula is C12H20N4O. The Balaban J connectivity index is 1.85. The van der Waals surface area contributed by atoms with Crippen LogP contribution in [0.25, 0.3) is 0 Å². The molecule has 0 aliphatic carbocycles. The molecule has 1 N–H and O–H groups in total. The topological polar surface area (TPSA) is 50.2 Å². The summed E-state index contributed by atoms with van der Waals surface area (Å²) in [5.41, 5.74) is 2.13. The van der Waals surface area contributed by atoms with Crippen LogP contribution in [0.5, 0.6) is 0 Å². The van der Waals surface area contributed by atoms with Crippen LogP contribution in [0.3, 0.4) is 0 Å². The Bertz CT molecular complexity index is 393. The molecule has 1 amide bonds. The summed E-state index contributed by atoms with van der Waals surface area (Å²) in [6, 6.07) is 2.04. The van der Waals surface area contributed by atoms with Gasteiger partial charge in [-0.25, -0.2) is 0 Å². The molecule has 94 valence electrons. The van der Waals surface area contributed by atoms with Crippen molar-refractivity contribution < 1.29 is 4.79 Å². The Hall–Kier alpha value is -1.36. The van der Waals surface area contributed by atoms with Gasteiger partial charge in [0.05, 0.1) is 5.69 Å². The molecule has 0 unspecified atom stereocenters. The van der Waals surface area contributed by atoms with E-state index in [0.29, 0.717) is 13.0 Å². The quantitative estimate of drug-likeness (QED) is 0.822. The second-order valence-electron chi connectivity index (χ2n) is 4.53. The Morgan fingerprint density at radius 1 is 1.41 bits per heavy atom. The first-order valence-electron chi connectivity index (χ1n) is 6.16. The Morgan fingerprint density at radius 3 is 2.71 bits per heavy atom. The fourth-order valence-corrected chi connectivity index (χ4v) is 2.18. The molecule has 5 nitrogen and oxygen atoms in total. The van der Waals surface area contributed by atoms with Crippen LogP contribution in [0, 0.1) is 13.8 Å². The molecule has 1 aromatic rings. The maximum absolute atomic E-state index is 11.9. The monoisotopic (exact) mass is 236 g/mol. The Kier molecular flexibility index (Phi) is 3.78. The third-order valence-electron chi connectivity index (χ3n) is 3.11. The van der Waals surface area contributed by atoms with Gasteiger partial charge in [-0.2, -0.15) is 5.10 Å². The molecule has 0 bridgehead atoms. The predicted octanol–water partition coefficient (Wildman–Crippen LogP) is 0.322. The van der Waals surface area contributed by atoms with Crippen molar-refractivity contribution in [2.75, 3.05) is 26.2 Å². The van der Waals surface area contributed by atoms with Crippen LogP contribution in [0.15, 0.2) is 6.07 Å². The third-order valence-corrected chi connectivity index (χ3v) is 3.11. The molecule has 2 rings (SSSR count). The number of piperazine rings is 1. The van der Waals surface area contributed by atoms with E-state index in [2.05, 4.69) is 10.4 Å². The van der Waals surface area contributed by atoms with Gasteiger partial charge in [0, 0.05) is 44.8 Å². The highest BCUT2D eigenvalue weighted by Gasteiger charge is 2.16. The van der Waals surface area contributed by atoms with E-state index >= 15 is 0 Å². The molecule has 0 saturated carbocycles. The number of carbonyl (C=O) groups is 1. The van der Waals surface area contributed by atoms with Gasteiger partial charge in [0.25, 0.3) is 0 Å². The average Bonchev–Trinajstić information content (AvgIpc) is 2.66. The number of nitrogens with one attached hydrogen (secondary N) is 1. The van der Waals surface area contributed by atoms with Crippen molar-refractivity contribution in [2.24, 2.45) is 0 Å². The minimum Gasteiger partial charge on any atom is -0.340 e. The van der Waals surface area contributed by atoms with Gasteiger partial charge in [-0.05, 0) is 19.9 Å². The van der Waals surface area contributed by atoms with Gasteiger partial charge in [0.1, 0.15) is 0 Å².